The summed E-state index contributed by atoms with van der Waals surface area (Å²) in [4.78, 5) is 19.9. The molecule has 3 aromatic rings. The molecular formula is C20H22N4O4. The molecule has 0 bridgehead atoms. The summed E-state index contributed by atoms with van der Waals surface area (Å²) in [5, 5.41) is 15.9. The average Bonchev–Trinajstić information content (AvgIpc) is 3.22. The van der Waals surface area contributed by atoms with Crippen LogP contribution in [0.2, 0.25) is 0 Å². The Morgan fingerprint density at radius 3 is 2.71 bits per heavy atom. The van der Waals surface area contributed by atoms with Crippen molar-refractivity contribution in [2.45, 2.75) is 20.3 Å². The first kappa shape index (κ1) is 19.3. The van der Waals surface area contributed by atoms with Gasteiger partial charge in [-0.15, -0.1) is 0 Å². The second-order valence-electron chi connectivity index (χ2n) is 6.89. The first-order chi connectivity index (χ1) is 13.4. The van der Waals surface area contributed by atoms with E-state index in [9.17, 15) is 4.79 Å². The van der Waals surface area contributed by atoms with E-state index in [1.807, 2.05) is 30.3 Å². The third-order valence-corrected chi connectivity index (χ3v) is 4.08. The second-order valence-corrected chi connectivity index (χ2v) is 6.89. The molecule has 0 spiro atoms. The molecule has 0 saturated heterocycles. The van der Waals surface area contributed by atoms with Crippen LogP contribution >= 0.6 is 0 Å². The van der Waals surface area contributed by atoms with E-state index in [2.05, 4.69) is 20.2 Å². The minimum atomic E-state index is -0.976. The van der Waals surface area contributed by atoms with Crippen LogP contribution in [0.15, 0.2) is 48.8 Å². The number of aromatic amines is 1. The summed E-state index contributed by atoms with van der Waals surface area (Å²) in [5.74, 6) is 0.153. The Morgan fingerprint density at radius 2 is 2.04 bits per heavy atom. The highest BCUT2D eigenvalue weighted by Gasteiger charge is 2.28. The van der Waals surface area contributed by atoms with Gasteiger partial charge in [-0.2, -0.15) is 5.10 Å². The smallest absolute Gasteiger partial charge is 0.312 e. The fraction of sp³-hybridized carbons (Fsp3) is 0.300. The van der Waals surface area contributed by atoms with Crippen molar-refractivity contribution in [2.24, 2.45) is 5.41 Å². The van der Waals surface area contributed by atoms with Crippen LogP contribution in [0.25, 0.3) is 11.4 Å². The summed E-state index contributed by atoms with van der Waals surface area (Å²) in [6.45, 7) is 3.70. The molecule has 3 aromatic heterocycles. The fourth-order valence-electron chi connectivity index (χ4n) is 2.29. The molecule has 3 heterocycles. The third kappa shape index (κ3) is 5.06. The Balaban J connectivity index is 1.50. The van der Waals surface area contributed by atoms with Gasteiger partial charge >= 0.3 is 5.97 Å². The maximum atomic E-state index is 11.1. The summed E-state index contributed by atoms with van der Waals surface area (Å²) in [6, 6.07) is 11.0. The molecule has 3 rings (SSSR count). The first-order valence-electron chi connectivity index (χ1n) is 8.85. The van der Waals surface area contributed by atoms with E-state index < -0.39 is 11.4 Å². The Bertz CT molecular complexity index is 908. The number of aliphatic carboxylic acids is 1. The van der Waals surface area contributed by atoms with Crippen LogP contribution in [0, 0.1) is 5.41 Å². The molecule has 8 heteroatoms. The molecule has 0 atom stereocenters. The largest absolute Gasteiger partial charge is 0.492 e. The zero-order valence-electron chi connectivity index (χ0n) is 15.8. The molecule has 28 heavy (non-hydrogen) atoms. The monoisotopic (exact) mass is 382 g/mol. The Labute approximate surface area is 162 Å². The number of aromatic nitrogens is 4. The van der Waals surface area contributed by atoms with Crippen molar-refractivity contribution in [3.8, 4) is 23.0 Å². The van der Waals surface area contributed by atoms with Gasteiger partial charge in [-0.1, -0.05) is 6.07 Å². The molecule has 0 amide bonds. The molecule has 0 saturated carbocycles. The van der Waals surface area contributed by atoms with E-state index in [-0.39, 0.29) is 6.61 Å². The highest BCUT2D eigenvalue weighted by atomic mass is 16.5. The van der Waals surface area contributed by atoms with Gasteiger partial charge in [0.15, 0.2) is 0 Å². The van der Waals surface area contributed by atoms with Crippen molar-refractivity contribution >= 4 is 5.97 Å². The molecule has 0 aliphatic carbocycles. The number of rotatable bonds is 9. The van der Waals surface area contributed by atoms with Gasteiger partial charge in [-0.25, -0.2) is 4.98 Å². The lowest BCUT2D eigenvalue weighted by Crippen LogP contribution is -2.30. The van der Waals surface area contributed by atoms with E-state index in [4.69, 9.17) is 14.6 Å². The van der Waals surface area contributed by atoms with Gasteiger partial charge < -0.3 is 14.6 Å². The minimum absolute atomic E-state index is 0.0453. The van der Waals surface area contributed by atoms with Crippen molar-refractivity contribution in [1.82, 2.24) is 20.2 Å². The Hall–Kier alpha value is -3.42. The number of hydrogen-bond donors (Lipinski definition) is 2. The topological polar surface area (TPSA) is 110 Å². The van der Waals surface area contributed by atoms with E-state index in [0.717, 1.165) is 17.1 Å². The number of pyridine rings is 2. The maximum absolute atomic E-state index is 11.1. The lowest BCUT2D eigenvalue weighted by molar-refractivity contribution is -0.148. The molecule has 0 aromatic carbocycles. The van der Waals surface area contributed by atoms with Crippen molar-refractivity contribution in [1.29, 1.82) is 0 Å². The van der Waals surface area contributed by atoms with Gasteiger partial charge in [0.2, 0.25) is 5.88 Å². The average molecular weight is 382 g/mol. The molecular weight excluding hydrogens is 360 g/mol. The summed E-state index contributed by atoms with van der Waals surface area (Å²) in [5.41, 5.74) is 1.46. The highest BCUT2D eigenvalue weighted by Crippen LogP contribution is 2.19. The van der Waals surface area contributed by atoms with Crippen molar-refractivity contribution in [3.05, 3.63) is 54.5 Å². The van der Waals surface area contributed by atoms with Crippen LogP contribution in [-0.4, -0.2) is 44.5 Å². The highest BCUT2D eigenvalue weighted by molar-refractivity contribution is 5.73. The number of hydrogen-bond acceptors (Lipinski definition) is 6. The summed E-state index contributed by atoms with van der Waals surface area (Å²) in [7, 11) is 0. The lowest BCUT2D eigenvalue weighted by Gasteiger charge is -2.19. The van der Waals surface area contributed by atoms with Crippen LogP contribution in [0.1, 0.15) is 19.5 Å². The van der Waals surface area contributed by atoms with Crippen molar-refractivity contribution < 1.29 is 19.4 Å². The molecule has 0 radical (unpaired) electrons. The normalized spacial score (nSPS) is 11.2. The molecule has 0 aliphatic heterocycles. The van der Waals surface area contributed by atoms with E-state index in [1.165, 1.54) is 0 Å². The number of ether oxygens (including phenoxy) is 2. The maximum Gasteiger partial charge on any atom is 0.312 e. The fourth-order valence-corrected chi connectivity index (χ4v) is 2.29. The number of carboxylic acids is 1. The van der Waals surface area contributed by atoms with Gasteiger partial charge in [0.25, 0.3) is 0 Å². The van der Waals surface area contributed by atoms with Crippen molar-refractivity contribution in [3.63, 3.8) is 0 Å². The molecule has 0 unspecified atom stereocenters. The van der Waals surface area contributed by atoms with Crippen molar-refractivity contribution in [2.75, 3.05) is 13.2 Å². The number of carbonyl (C=O) groups is 1. The third-order valence-electron chi connectivity index (χ3n) is 4.08. The van der Waals surface area contributed by atoms with Gasteiger partial charge in [0, 0.05) is 24.4 Å². The van der Waals surface area contributed by atoms with Gasteiger partial charge in [-0.3, -0.25) is 14.9 Å². The summed E-state index contributed by atoms with van der Waals surface area (Å²) >= 11 is 0. The quantitative estimate of drug-likeness (QED) is 0.585. The standard InChI is InChI=1S/C20H22N4O4/c1-20(2,19(25)26)13-28-18-5-3-4-14(23-18)9-11-27-15-6-7-16(21-12-15)17-8-10-22-24-17/h3-8,10,12H,9,11,13H2,1-2H3,(H,22,24)(H,25,26). The zero-order chi connectivity index (χ0) is 20.0. The van der Waals surface area contributed by atoms with Crippen LogP contribution in [-0.2, 0) is 11.2 Å². The number of nitrogens with zero attached hydrogens (tertiary/aromatic N) is 3. The zero-order valence-corrected chi connectivity index (χ0v) is 15.8. The van der Waals surface area contributed by atoms with Gasteiger partial charge in [0.05, 0.1) is 29.6 Å². The van der Waals surface area contributed by atoms with E-state index >= 15 is 0 Å². The van der Waals surface area contributed by atoms with Gasteiger partial charge in [-0.05, 0) is 38.1 Å². The van der Waals surface area contributed by atoms with Gasteiger partial charge in [0.1, 0.15) is 12.4 Å². The molecule has 146 valence electrons. The first-order valence-corrected chi connectivity index (χ1v) is 8.85. The second kappa shape index (κ2) is 8.51. The van der Waals surface area contributed by atoms with Crippen LogP contribution in [0.5, 0.6) is 11.6 Å². The van der Waals surface area contributed by atoms with E-state index in [0.29, 0.717) is 24.7 Å². The molecule has 2 N–H and O–H groups in total. The van der Waals surface area contributed by atoms with Crippen LogP contribution < -0.4 is 9.47 Å². The lowest BCUT2D eigenvalue weighted by atomic mass is 9.95. The summed E-state index contributed by atoms with van der Waals surface area (Å²) in [6.07, 6.45) is 3.92. The molecule has 8 nitrogen and oxygen atoms in total. The Kier molecular flexibility index (Phi) is 5.88. The summed E-state index contributed by atoms with van der Waals surface area (Å²) < 4.78 is 11.3. The predicted molar refractivity (Wildman–Crippen MR) is 102 cm³/mol. The molecule has 0 aliphatic rings. The van der Waals surface area contributed by atoms with Crippen LogP contribution in [0.4, 0.5) is 0 Å². The predicted octanol–water partition coefficient (Wildman–Crippen LogP) is 2.98. The minimum Gasteiger partial charge on any atom is -0.492 e. The molecule has 0 fully saturated rings. The number of nitrogens with one attached hydrogen (secondary N) is 1. The number of H-pyrrole nitrogens is 1. The SMILES string of the molecule is CC(C)(COc1cccc(CCOc2ccc(-c3ccn[nH]3)nc2)n1)C(=O)O. The Morgan fingerprint density at radius 1 is 1.18 bits per heavy atom. The number of carboxylic acid groups (broad SMARTS) is 1. The van der Waals surface area contributed by atoms with Crippen LogP contribution in [0.3, 0.4) is 0 Å². The van der Waals surface area contributed by atoms with E-state index in [1.54, 1.807) is 32.3 Å².